The predicted octanol–water partition coefficient (Wildman–Crippen LogP) is 4.71. The molecule has 1 N–H and O–H groups in total. The van der Waals surface area contributed by atoms with Crippen LogP contribution in [0.25, 0.3) is 31.7 Å². The molecule has 6 heteroatoms. The third-order valence-electron chi connectivity index (χ3n) is 5.66. The topological polar surface area (TPSA) is 56.6 Å². The Morgan fingerprint density at radius 3 is 2.93 bits per heavy atom. The number of H-pyrrole nitrogens is 1. The number of carbonyl (C=O) groups is 1. The smallest absolute Gasteiger partial charge is 0.310 e. The third-order valence-corrected chi connectivity index (χ3v) is 6.76. The first-order valence-electron chi connectivity index (χ1n) is 10.5. The summed E-state index contributed by atoms with van der Waals surface area (Å²) in [5.74, 6) is 0.732. The fourth-order valence-corrected chi connectivity index (χ4v) is 5.22. The first-order chi connectivity index (χ1) is 14.7. The van der Waals surface area contributed by atoms with Gasteiger partial charge in [-0.25, -0.2) is 4.98 Å². The molecule has 3 heterocycles. The SMILES string of the molecule is CCOC(=O)[C@H]1CCCN(c2cc(-c3[nH+]c4ccccc4s3)c3ccccc3n2)C1. The van der Waals surface area contributed by atoms with E-state index in [0.717, 1.165) is 52.2 Å². The van der Waals surface area contributed by atoms with Gasteiger partial charge in [0.1, 0.15) is 10.5 Å². The fraction of sp³-hybridized carbons (Fsp3) is 0.292. The minimum absolute atomic E-state index is 0.0914. The van der Waals surface area contributed by atoms with Crippen LogP contribution in [0, 0.1) is 5.92 Å². The first kappa shape index (κ1) is 19.0. The van der Waals surface area contributed by atoms with Crippen LogP contribution in [0.3, 0.4) is 0 Å². The van der Waals surface area contributed by atoms with Gasteiger partial charge in [-0.3, -0.25) is 4.79 Å². The summed E-state index contributed by atoms with van der Waals surface area (Å²) in [5, 5.41) is 2.25. The number of hydrogen-bond donors (Lipinski definition) is 0. The maximum Gasteiger partial charge on any atom is 0.310 e. The Morgan fingerprint density at radius 1 is 1.23 bits per heavy atom. The molecule has 0 bridgehead atoms. The lowest BCUT2D eigenvalue weighted by molar-refractivity contribution is -0.325. The lowest BCUT2D eigenvalue weighted by atomic mass is 9.98. The number of ether oxygens (including phenoxy) is 1. The zero-order chi connectivity index (χ0) is 20.5. The van der Waals surface area contributed by atoms with Crippen molar-refractivity contribution in [1.82, 2.24) is 4.98 Å². The number of aromatic nitrogens is 2. The van der Waals surface area contributed by atoms with E-state index >= 15 is 0 Å². The Balaban J connectivity index is 1.57. The highest BCUT2D eigenvalue weighted by Crippen LogP contribution is 2.35. The molecule has 0 aliphatic carbocycles. The van der Waals surface area contributed by atoms with Crippen LogP contribution in [0.1, 0.15) is 19.8 Å². The molecule has 2 aromatic heterocycles. The van der Waals surface area contributed by atoms with E-state index in [9.17, 15) is 4.79 Å². The second-order valence-corrected chi connectivity index (χ2v) is 8.69. The molecule has 0 amide bonds. The number of nitrogens with one attached hydrogen (secondary N) is 1. The number of aromatic amines is 1. The fourth-order valence-electron chi connectivity index (χ4n) is 4.19. The van der Waals surface area contributed by atoms with Gasteiger partial charge in [0.25, 0.3) is 5.01 Å². The monoisotopic (exact) mass is 418 g/mol. The van der Waals surface area contributed by atoms with Gasteiger partial charge >= 0.3 is 5.97 Å². The van der Waals surface area contributed by atoms with E-state index in [4.69, 9.17) is 9.72 Å². The number of benzene rings is 2. The third kappa shape index (κ3) is 3.52. The minimum atomic E-state index is -0.0962. The average molecular weight is 419 g/mol. The van der Waals surface area contributed by atoms with Gasteiger partial charge in [0, 0.05) is 24.5 Å². The van der Waals surface area contributed by atoms with Crippen LogP contribution >= 0.6 is 11.3 Å². The van der Waals surface area contributed by atoms with Crippen molar-refractivity contribution in [2.24, 2.45) is 5.92 Å². The van der Waals surface area contributed by atoms with Crippen LogP contribution in [0.4, 0.5) is 5.82 Å². The van der Waals surface area contributed by atoms with Crippen molar-refractivity contribution in [3.63, 3.8) is 0 Å². The number of thiazole rings is 1. The Kier molecular flexibility index (Phi) is 5.09. The first-order valence-corrected chi connectivity index (χ1v) is 11.3. The van der Waals surface area contributed by atoms with Crippen molar-refractivity contribution in [2.75, 3.05) is 24.6 Å². The highest BCUT2D eigenvalue weighted by Gasteiger charge is 2.28. The number of para-hydroxylation sites is 2. The van der Waals surface area contributed by atoms with Crippen molar-refractivity contribution < 1.29 is 14.5 Å². The van der Waals surface area contributed by atoms with E-state index in [2.05, 4.69) is 58.4 Å². The molecule has 0 spiro atoms. The summed E-state index contributed by atoms with van der Waals surface area (Å²) in [6.07, 6.45) is 1.84. The Labute approximate surface area is 179 Å². The van der Waals surface area contributed by atoms with Crippen LogP contribution < -0.4 is 9.88 Å². The zero-order valence-corrected chi connectivity index (χ0v) is 17.7. The second kappa shape index (κ2) is 8.03. The van der Waals surface area contributed by atoms with Crippen LogP contribution in [0.15, 0.2) is 54.6 Å². The van der Waals surface area contributed by atoms with Crippen LogP contribution in [-0.4, -0.2) is 30.6 Å². The summed E-state index contributed by atoms with van der Waals surface area (Å²) in [6.45, 7) is 3.84. The number of carbonyl (C=O) groups excluding carboxylic acids is 1. The number of esters is 1. The molecule has 5 rings (SSSR count). The van der Waals surface area contributed by atoms with Gasteiger partial charge in [-0.2, -0.15) is 4.98 Å². The number of fused-ring (bicyclic) bond motifs is 2. The van der Waals surface area contributed by atoms with E-state index in [1.54, 1.807) is 11.3 Å². The molecule has 5 nitrogen and oxygen atoms in total. The molecule has 1 atom stereocenters. The van der Waals surface area contributed by atoms with E-state index in [0.29, 0.717) is 13.2 Å². The summed E-state index contributed by atoms with van der Waals surface area (Å²) < 4.78 is 6.50. The van der Waals surface area contributed by atoms with Gasteiger partial charge in [-0.1, -0.05) is 41.7 Å². The maximum absolute atomic E-state index is 12.3. The summed E-state index contributed by atoms with van der Waals surface area (Å²) in [6, 6.07) is 18.8. The molecular formula is C24H24N3O2S+. The lowest BCUT2D eigenvalue weighted by Gasteiger charge is -2.32. The number of anilines is 1. The van der Waals surface area contributed by atoms with Gasteiger partial charge in [0.05, 0.1) is 23.6 Å². The normalized spacial score (nSPS) is 16.8. The zero-order valence-electron chi connectivity index (χ0n) is 16.9. The Bertz CT molecular complexity index is 1190. The predicted molar refractivity (Wildman–Crippen MR) is 121 cm³/mol. The van der Waals surface area contributed by atoms with Crippen molar-refractivity contribution in [1.29, 1.82) is 0 Å². The minimum Gasteiger partial charge on any atom is -0.466 e. The molecule has 4 aromatic rings. The molecule has 0 radical (unpaired) electrons. The highest BCUT2D eigenvalue weighted by molar-refractivity contribution is 7.21. The van der Waals surface area contributed by atoms with E-state index < -0.39 is 0 Å². The van der Waals surface area contributed by atoms with Crippen LogP contribution in [-0.2, 0) is 9.53 Å². The van der Waals surface area contributed by atoms with Gasteiger partial charge in [-0.15, -0.1) is 0 Å². The standard InChI is InChI=1S/C24H23N3O2S/c1-2-29-24(28)16-8-7-13-27(15-16)22-14-18(17-9-3-4-10-19(17)25-22)23-26-20-11-5-6-12-21(20)30-23/h3-6,9-12,14,16H,2,7-8,13,15H2,1H3/p+1/t16-/m0/s1. The number of pyridine rings is 1. The summed E-state index contributed by atoms with van der Waals surface area (Å²) in [7, 11) is 0. The van der Waals surface area contributed by atoms with Gasteiger partial charge in [0.15, 0.2) is 0 Å². The summed E-state index contributed by atoms with van der Waals surface area (Å²) in [4.78, 5) is 23.1. The van der Waals surface area contributed by atoms with Crippen LogP contribution in [0.2, 0.25) is 0 Å². The van der Waals surface area contributed by atoms with Crippen molar-refractivity contribution in [2.45, 2.75) is 19.8 Å². The molecule has 1 saturated heterocycles. The van der Waals surface area contributed by atoms with E-state index in [1.165, 1.54) is 4.70 Å². The lowest BCUT2D eigenvalue weighted by Crippen LogP contribution is -2.39. The molecule has 30 heavy (non-hydrogen) atoms. The average Bonchev–Trinajstić information content (AvgIpc) is 3.23. The van der Waals surface area contributed by atoms with Gasteiger partial charge in [-0.05, 0) is 38.0 Å². The molecule has 1 aliphatic heterocycles. The molecule has 2 aromatic carbocycles. The van der Waals surface area contributed by atoms with Gasteiger partial charge in [0.2, 0.25) is 5.52 Å². The highest BCUT2D eigenvalue weighted by atomic mass is 32.1. The summed E-state index contributed by atoms with van der Waals surface area (Å²) >= 11 is 1.76. The number of hydrogen-bond acceptors (Lipinski definition) is 5. The van der Waals surface area contributed by atoms with Crippen LogP contribution in [0.5, 0.6) is 0 Å². The molecule has 1 aliphatic rings. The molecule has 0 saturated carbocycles. The maximum atomic E-state index is 12.3. The van der Waals surface area contributed by atoms with Gasteiger partial charge < -0.3 is 9.64 Å². The molecule has 1 fully saturated rings. The molecule has 0 unspecified atom stereocenters. The Hall–Kier alpha value is -2.99. The number of piperidine rings is 1. The number of nitrogens with zero attached hydrogens (tertiary/aromatic N) is 2. The van der Waals surface area contributed by atoms with Crippen molar-refractivity contribution >= 4 is 44.2 Å². The summed E-state index contributed by atoms with van der Waals surface area (Å²) in [5.41, 5.74) is 3.25. The molecule has 152 valence electrons. The molecular weight excluding hydrogens is 394 g/mol. The number of rotatable bonds is 4. The van der Waals surface area contributed by atoms with Crippen molar-refractivity contribution in [3.05, 3.63) is 54.6 Å². The Morgan fingerprint density at radius 2 is 2.07 bits per heavy atom. The quantitative estimate of drug-likeness (QED) is 0.451. The van der Waals surface area contributed by atoms with E-state index in [1.807, 2.05) is 13.0 Å². The van der Waals surface area contributed by atoms with Crippen molar-refractivity contribution in [3.8, 4) is 10.6 Å². The second-order valence-electron chi connectivity index (χ2n) is 7.63. The largest absolute Gasteiger partial charge is 0.466 e. The van der Waals surface area contributed by atoms with E-state index in [-0.39, 0.29) is 11.9 Å².